The number of nitrogens with zero attached hydrogens (tertiary/aromatic N) is 1. The summed E-state index contributed by atoms with van der Waals surface area (Å²) in [6.07, 6.45) is 0.691. The van der Waals surface area contributed by atoms with Gasteiger partial charge >= 0.3 is 0 Å². The molecular weight excluding hydrogens is 352 g/mol. The zero-order valence-electron chi connectivity index (χ0n) is 14.4. The number of amides is 1. The monoisotopic (exact) mass is 375 g/mol. The van der Waals surface area contributed by atoms with Gasteiger partial charge < -0.3 is 5.32 Å². The van der Waals surface area contributed by atoms with Crippen molar-refractivity contribution in [2.24, 2.45) is 22.4 Å². The number of aromatic nitrogens is 1. The SMILES string of the molecule is CC(C)(C)[C@@H]1CCC(F)(F)C[C@H]1C(=O)Nc1ccnc(S(N)(=O)=O)c1. The number of carbonyl (C=O) groups is 1. The molecule has 1 aliphatic rings. The zero-order chi connectivity index (χ0) is 19.0. The van der Waals surface area contributed by atoms with E-state index in [1.54, 1.807) is 0 Å². The molecule has 1 saturated carbocycles. The van der Waals surface area contributed by atoms with E-state index in [2.05, 4.69) is 10.3 Å². The van der Waals surface area contributed by atoms with E-state index >= 15 is 0 Å². The Hall–Kier alpha value is -1.61. The lowest BCUT2D eigenvalue weighted by molar-refractivity contribution is -0.136. The maximum absolute atomic E-state index is 13.8. The highest BCUT2D eigenvalue weighted by atomic mass is 32.2. The molecule has 6 nitrogen and oxygen atoms in total. The Morgan fingerprint density at radius 2 is 2.04 bits per heavy atom. The minimum atomic E-state index is -4.02. The molecule has 0 spiro atoms. The van der Waals surface area contributed by atoms with Gasteiger partial charge in [0.1, 0.15) is 0 Å². The van der Waals surface area contributed by atoms with Gasteiger partial charge in [-0.05, 0) is 23.8 Å². The lowest BCUT2D eigenvalue weighted by Gasteiger charge is -2.42. The van der Waals surface area contributed by atoms with Crippen LogP contribution in [0.2, 0.25) is 0 Å². The molecule has 25 heavy (non-hydrogen) atoms. The lowest BCUT2D eigenvalue weighted by atomic mass is 9.65. The van der Waals surface area contributed by atoms with Crippen LogP contribution < -0.4 is 10.5 Å². The summed E-state index contributed by atoms with van der Waals surface area (Å²) in [5, 5.41) is 7.15. The number of nitrogens with one attached hydrogen (secondary N) is 1. The molecule has 3 N–H and O–H groups in total. The van der Waals surface area contributed by atoms with Crippen molar-refractivity contribution in [1.29, 1.82) is 0 Å². The second-order valence-corrected chi connectivity index (χ2v) is 9.10. The minimum absolute atomic E-state index is 0.158. The zero-order valence-corrected chi connectivity index (χ0v) is 15.2. The summed E-state index contributed by atoms with van der Waals surface area (Å²) in [6.45, 7) is 5.77. The summed E-state index contributed by atoms with van der Waals surface area (Å²) < 4.78 is 50.4. The van der Waals surface area contributed by atoms with Crippen LogP contribution in [0.25, 0.3) is 0 Å². The largest absolute Gasteiger partial charge is 0.326 e. The first kappa shape index (κ1) is 19.7. The molecule has 0 bridgehead atoms. The van der Waals surface area contributed by atoms with Gasteiger partial charge in [0.05, 0.1) is 0 Å². The predicted molar refractivity (Wildman–Crippen MR) is 89.5 cm³/mol. The molecule has 1 aromatic heterocycles. The van der Waals surface area contributed by atoms with Crippen molar-refractivity contribution in [1.82, 2.24) is 4.98 Å². The fourth-order valence-corrected chi connectivity index (χ4v) is 3.82. The summed E-state index contributed by atoms with van der Waals surface area (Å²) in [6, 6.07) is 2.50. The second-order valence-electron chi connectivity index (χ2n) is 7.59. The molecule has 0 aromatic carbocycles. The fraction of sp³-hybridized carbons (Fsp3) is 0.625. The molecule has 140 valence electrons. The van der Waals surface area contributed by atoms with Gasteiger partial charge in [-0.1, -0.05) is 20.8 Å². The topological polar surface area (TPSA) is 102 Å². The van der Waals surface area contributed by atoms with Crippen LogP contribution in [-0.2, 0) is 14.8 Å². The number of halogens is 2. The number of alkyl halides is 2. The third-order valence-corrected chi connectivity index (χ3v) is 5.37. The number of nitrogens with two attached hydrogens (primary N) is 1. The van der Waals surface area contributed by atoms with Gasteiger partial charge in [0.2, 0.25) is 11.8 Å². The fourth-order valence-electron chi connectivity index (χ4n) is 3.32. The molecule has 0 saturated heterocycles. The third kappa shape index (κ3) is 4.94. The van der Waals surface area contributed by atoms with Crippen LogP contribution in [0.3, 0.4) is 0 Å². The lowest BCUT2D eigenvalue weighted by Crippen LogP contribution is -2.44. The summed E-state index contributed by atoms with van der Waals surface area (Å²) >= 11 is 0. The number of hydrogen-bond acceptors (Lipinski definition) is 4. The molecule has 1 heterocycles. The van der Waals surface area contributed by atoms with E-state index in [1.807, 2.05) is 20.8 Å². The number of primary sulfonamides is 1. The molecule has 1 aromatic rings. The number of pyridine rings is 1. The van der Waals surface area contributed by atoms with Crippen LogP contribution in [0.15, 0.2) is 23.4 Å². The standard InChI is InChI=1S/C16H23F2N3O3S/c1-15(2,3)12-4-6-16(17,18)9-11(12)14(22)21-10-5-7-20-13(8-10)25(19,23)24/h5,7-8,11-12H,4,6,9H2,1-3H3,(H2,19,23,24)(H,20,21,22)/t11-,12-/m1/s1. The van der Waals surface area contributed by atoms with Crippen molar-refractivity contribution in [3.63, 3.8) is 0 Å². The number of anilines is 1. The molecule has 1 fully saturated rings. The van der Waals surface area contributed by atoms with E-state index in [-0.39, 0.29) is 29.9 Å². The second kappa shape index (κ2) is 6.60. The van der Waals surface area contributed by atoms with Gasteiger partial charge in [-0.15, -0.1) is 0 Å². The first-order chi connectivity index (χ1) is 11.3. The highest BCUT2D eigenvalue weighted by Crippen LogP contribution is 2.47. The van der Waals surface area contributed by atoms with Crippen molar-refractivity contribution in [3.05, 3.63) is 18.3 Å². The molecule has 2 rings (SSSR count). The van der Waals surface area contributed by atoms with Crippen molar-refractivity contribution >= 4 is 21.6 Å². The van der Waals surface area contributed by atoms with Gasteiger partial charge in [0, 0.05) is 36.7 Å². The van der Waals surface area contributed by atoms with Crippen molar-refractivity contribution in [3.8, 4) is 0 Å². The van der Waals surface area contributed by atoms with Crippen LogP contribution in [0.4, 0.5) is 14.5 Å². The van der Waals surface area contributed by atoms with Crippen LogP contribution in [0, 0.1) is 17.3 Å². The quantitative estimate of drug-likeness (QED) is 0.848. The summed E-state index contributed by atoms with van der Waals surface area (Å²) in [4.78, 5) is 16.3. The van der Waals surface area contributed by atoms with E-state index in [0.29, 0.717) is 0 Å². The van der Waals surface area contributed by atoms with Crippen molar-refractivity contribution < 1.29 is 22.0 Å². The molecule has 0 unspecified atom stereocenters. The summed E-state index contributed by atoms with van der Waals surface area (Å²) in [7, 11) is -4.02. The average molecular weight is 375 g/mol. The maximum Gasteiger partial charge on any atom is 0.255 e. The van der Waals surface area contributed by atoms with Gasteiger partial charge in [0.15, 0.2) is 5.03 Å². The first-order valence-corrected chi connectivity index (χ1v) is 9.52. The van der Waals surface area contributed by atoms with E-state index in [9.17, 15) is 22.0 Å². The maximum atomic E-state index is 13.8. The average Bonchev–Trinajstić information content (AvgIpc) is 2.44. The third-order valence-electron chi connectivity index (χ3n) is 4.57. The molecule has 0 radical (unpaired) electrons. The Balaban J connectivity index is 2.25. The van der Waals surface area contributed by atoms with Gasteiger partial charge in [-0.2, -0.15) is 0 Å². The first-order valence-electron chi connectivity index (χ1n) is 7.97. The highest BCUT2D eigenvalue weighted by molar-refractivity contribution is 7.89. The van der Waals surface area contributed by atoms with Crippen molar-refractivity contribution in [2.75, 3.05) is 5.32 Å². The highest BCUT2D eigenvalue weighted by Gasteiger charge is 2.48. The summed E-state index contributed by atoms with van der Waals surface area (Å²) in [5.74, 6) is -4.50. The Morgan fingerprint density at radius 1 is 1.40 bits per heavy atom. The minimum Gasteiger partial charge on any atom is -0.326 e. The van der Waals surface area contributed by atoms with E-state index in [4.69, 9.17) is 5.14 Å². The molecule has 9 heteroatoms. The van der Waals surface area contributed by atoms with Gasteiger partial charge in [-0.25, -0.2) is 27.3 Å². The van der Waals surface area contributed by atoms with Crippen LogP contribution in [-0.4, -0.2) is 25.2 Å². The molecular formula is C16H23F2N3O3S. The van der Waals surface area contributed by atoms with Crippen molar-refractivity contribution in [2.45, 2.75) is 51.0 Å². The number of carbonyl (C=O) groups excluding carboxylic acids is 1. The molecule has 1 aliphatic carbocycles. The van der Waals surface area contributed by atoms with E-state index in [1.165, 1.54) is 12.3 Å². The molecule has 2 atom stereocenters. The molecule has 1 amide bonds. The van der Waals surface area contributed by atoms with Crippen LogP contribution in [0.1, 0.15) is 40.0 Å². The van der Waals surface area contributed by atoms with Gasteiger partial charge in [-0.3, -0.25) is 4.79 Å². The molecule has 0 aliphatic heterocycles. The Labute approximate surface area is 146 Å². The normalized spacial score (nSPS) is 23.9. The number of rotatable bonds is 3. The van der Waals surface area contributed by atoms with Crippen LogP contribution in [0.5, 0.6) is 0 Å². The summed E-state index contributed by atoms with van der Waals surface area (Å²) in [5.41, 5.74) is -0.145. The Morgan fingerprint density at radius 3 is 2.60 bits per heavy atom. The Bertz CT molecular complexity index is 760. The number of sulfonamides is 1. The van der Waals surface area contributed by atoms with E-state index < -0.39 is 39.2 Å². The Kier molecular flexibility index (Phi) is 5.21. The number of hydrogen-bond donors (Lipinski definition) is 2. The smallest absolute Gasteiger partial charge is 0.255 e. The predicted octanol–water partition coefficient (Wildman–Crippen LogP) is 2.77. The van der Waals surface area contributed by atoms with E-state index in [0.717, 1.165) is 6.07 Å². The van der Waals surface area contributed by atoms with Crippen LogP contribution >= 0.6 is 0 Å². The van der Waals surface area contributed by atoms with Gasteiger partial charge in [0.25, 0.3) is 10.0 Å².